The van der Waals surface area contributed by atoms with E-state index in [4.69, 9.17) is 9.47 Å². The van der Waals surface area contributed by atoms with Crippen molar-refractivity contribution in [2.24, 2.45) is 0 Å². The number of rotatable bonds is 2. The monoisotopic (exact) mass is 337 g/mol. The molecule has 0 saturated carbocycles. The molecule has 102 valence electrons. The molecule has 1 aliphatic rings. The molecule has 0 bridgehead atoms. The lowest BCUT2D eigenvalue weighted by Crippen LogP contribution is -2.13. The maximum atomic E-state index is 13.5. The number of hydrogen-bond donors (Lipinski definition) is 1. The standard InChI is InChI=1S/C14H9BrFNO3/c15-9-6-13-12(19-7-20-13)5-8(9)14(18)17-11-4-2-1-3-10(11)16/h1-6H,7H2,(H,17,18). The molecule has 1 amide bonds. The number of carbonyl (C=O) groups excluding carboxylic acids is 1. The second-order valence-electron chi connectivity index (χ2n) is 4.12. The Balaban J connectivity index is 1.90. The molecule has 1 heterocycles. The minimum atomic E-state index is -0.488. The molecule has 0 radical (unpaired) electrons. The van der Waals surface area contributed by atoms with Gasteiger partial charge in [-0.15, -0.1) is 0 Å². The molecule has 0 atom stereocenters. The Kier molecular flexibility index (Phi) is 3.31. The van der Waals surface area contributed by atoms with E-state index in [9.17, 15) is 9.18 Å². The van der Waals surface area contributed by atoms with Crippen LogP contribution in [0.1, 0.15) is 10.4 Å². The van der Waals surface area contributed by atoms with Crippen molar-refractivity contribution >= 4 is 27.5 Å². The Morgan fingerprint density at radius 3 is 2.65 bits per heavy atom. The molecule has 0 aliphatic carbocycles. The summed E-state index contributed by atoms with van der Waals surface area (Å²) in [6, 6.07) is 9.19. The highest BCUT2D eigenvalue weighted by Crippen LogP contribution is 2.37. The van der Waals surface area contributed by atoms with E-state index >= 15 is 0 Å². The second-order valence-corrected chi connectivity index (χ2v) is 4.97. The Labute approximate surface area is 122 Å². The van der Waals surface area contributed by atoms with Crippen molar-refractivity contribution in [3.8, 4) is 11.5 Å². The van der Waals surface area contributed by atoms with Crippen LogP contribution in [0.2, 0.25) is 0 Å². The summed E-state index contributed by atoms with van der Waals surface area (Å²) in [5.41, 5.74) is 0.472. The first kappa shape index (κ1) is 12.9. The first-order chi connectivity index (χ1) is 9.65. The van der Waals surface area contributed by atoms with Crippen LogP contribution in [0.5, 0.6) is 11.5 Å². The van der Waals surface area contributed by atoms with Crippen molar-refractivity contribution in [2.45, 2.75) is 0 Å². The molecule has 6 heteroatoms. The van der Waals surface area contributed by atoms with E-state index < -0.39 is 11.7 Å². The molecule has 20 heavy (non-hydrogen) atoms. The van der Waals surface area contributed by atoms with Crippen molar-refractivity contribution in [2.75, 3.05) is 12.1 Å². The third kappa shape index (κ3) is 2.34. The fraction of sp³-hybridized carbons (Fsp3) is 0.0714. The van der Waals surface area contributed by atoms with Crippen molar-refractivity contribution in [1.29, 1.82) is 0 Å². The van der Waals surface area contributed by atoms with Gasteiger partial charge in [-0.05, 0) is 40.2 Å². The highest BCUT2D eigenvalue weighted by atomic mass is 79.9. The van der Waals surface area contributed by atoms with Crippen LogP contribution in [0.25, 0.3) is 0 Å². The maximum Gasteiger partial charge on any atom is 0.257 e. The number of ether oxygens (including phenoxy) is 2. The Morgan fingerprint density at radius 2 is 1.90 bits per heavy atom. The summed E-state index contributed by atoms with van der Waals surface area (Å²) in [6.07, 6.45) is 0. The molecule has 3 rings (SSSR count). The Hall–Kier alpha value is -2.08. The van der Waals surface area contributed by atoms with Crippen LogP contribution in [-0.2, 0) is 0 Å². The van der Waals surface area contributed by atoms with Crippen molar-refractivity contribution in [1.82, 2.24) is 0 Å². The topological polar surface area (TPSA) is 47.6 Å². The number of amides is 1. The zero-order valence-electron chi connectivity index (χ0n) is 10.2. The lowest BCUT2D eigenvalue weighted by Gasteiger charge is -2.08. The molecule has 2 aromatic carbocycles. The molecular weight excluding hydrogens is 329 g/mol. The van der Waals surface area contributed by atoms with Crippen LogP contribution < -0.4 is 14.8 Å². The summed E-state index contributed by atoms with van der Waals surface area (Å²) in [4.78, 5) is 12.2. The summed E-state index contributed by atoms with van der Waals surface area (Å²) >= 11 is 3.29. The lowest BCUT2D eigenvalue weighted by molar-refractivity contribution is 0.102. The first-order valence-electron chi connectivity index (χ1n) is 5.80. The molecule has 1 N–H and O–H groups in total. The van der Waals surface area contributed by atoms with Gasteiger partial charge in [-0.2, -0.15) is 0 Å². The van der Waals surface area contributed by atoms with Gasteiger partial charge in [0.2, 0.25) is 6.79 Å². The van der Waals surface area contributed by atoms with Crippen LogP contribution in [-0.4, -0.2) is 12.7 Å². The van der Waals surface area contributed by atoms with E-state index in [-0.39, 0.29) is 12.5 Å². The molecule has 2 aromatic rings. The van der Waals surface area contributed by atoms with E-state index in [1.54, 1.807) is 24.3 Å². The van der Waals surface area contributed by atoms with E-state index in [1.807, 2.05) is 0 Å². The summed E-state index contributed by atoms with van der Waals surface area (Å²) in [7, 11) is 0. The van der Waals surface area contributed by atoms with Gasteiger partial charge >= 0.3 is 0 Å². The largest absolute Gasteiger partial charge is 0.454 e. The van der Waals surface area contributed by atoms with Crippen LogP contribution >= 0.6 is 15.9 Å². The van der Waals surface area contributed by atoms with E-state index in [1.165, 1.54) is 12.1 Å². The van der Waals surface area contributed by atoms with Crippen molar-refractivity contribution < 1.29 is 18.7 Å². The van der Waals surface area contributed by atoms with Crippen LogP contribution in [0.3, 0.4) is 0 Å². The average Bonchev–Trinajstić information content (AvgIpc) is 2.87. The van der Waals surface area contributed by atoms with Crippen LogP contribution in [0.4, 0.5) is 10.1 Å². The second kappa shape index (κ2) is 5.13. The third-order valence-corrected chi connectivity index (χ3v) is 3.49. The SMILES string of the molecule is O=C(Nc1ccccc1F)c1cc2c(cc1Br)OCO2. The zero-order chi connectivity index (χ0) is 14.1. The Morgan fingerprint density at radius 1 is 1.20 bits per heavy atom. The van der Waals surface area contributed by atoms with Crippen molar-refractivity contribution in [3.63, 3.8) is 0 Å². The van der Waals surface area contributed by atoms with Crippen molar-refractivity contribution in [3.05, 3.63) is 52.3 Å². The number of halogens is 2. The average molecular weight is 338 g/mol. The predicted octanol–water partition coefficient (Wildman–Crippen LogP) is 3.57. The van der Waals surface area contributed by atoms with E-state index in [0.717, 1.165) is 0 Å². The normalized spacial score (nSPS) is 12.3. The summed E-state index contributed by atoms with van der Waals surface area (Å²) in [5, 5.41) is 2.52. The fourth-order valence-electron chi connectivity index (χ4n) is 1.84. The molecule has 0 fully saturated rings. The minimum absolute atomic E-state index is 0.125. The maximum absolute atomic E-state index is 13.5. The quantitative estimate of drug-likeness (QED) is 0.911. The smallest absolute Gasteiger partial charge is 0.257 e. The molecule has 4 nitrogen and oxygen atoms in total. The summed E-state index contributed by atoms with van der Waals surface area (Å²) in [5.74, 6) is 0.143. The lowest BCUT2D eigenvalue weighted by atomic mass is 10.2. The highest BCUT2D eigenvalue weighted by molar-refractivity contribution is 9.10. The Bertz CT molecular complexity index is 690. The summed E-state index contributed by atoms with van der Waals surface area (Å²) in [6.45, 7) is 0.125. The molecular formula is C14H9BrFNO3. The number of hydrogen-bond acceptors (Lipinski definition) is 3. The van der Waals surface area contributed by atoms with E-state index in [2.05, 4.69) is 21.2 Å². The summed E-state index contributed by atoms with van der Waals surface area (Å²) < 4.78 is 24.5. The third-order valence-electron chi connectivity index (χ3n) is 2.83. The molecule has 1 aliphatic heterocycles. The molecule has 0 spiro atoms. The van der Waals surface area contributed by atoms with Gasteiger partial charge in [-0.25, -0.2) is 4.39 Å². The number of carbonyl (C=O) groups is 1. The van der Waals surface area contributed by atoms with Crippen LogP contribution in [0, 0.1) is 5.82 Å². The van der Waals surface area contributed by atoms with Gasteiger partial charge in [0.05, 0.1) is 11.3 Å². The highest BCUT2D eigenvalue weighted by Gasteiger charge is 2.20. The number of anilines is 1. The van der Waals surface area contributed by atoms with Gasteiger partial charge < -0.3 is 14.8 Å². The number of para-hydroxylation sites is 1. The molecule has 0 saturated heterocycles. The number of benzene rings is 2. The number of fused-ring (bicyclic) bond motifs is 1. The van der Waals surface area contributed by atoms with Gasteiger partial charge in [0, 0.05) is 4.47 Å². The van der Waals surface area contributed by atoms with Gasteiger partial charge in [0.1, 0.15) is 5.82 Å². The fourth-order valence-corrected chi connectivity index (χ4v) is 2.35. The van der Waals surface area contributed by atoms with Gasteiger partial charge in [-0.1, -0.05) is 12.1 Å². The van der Waals surface area contributed by atoms with E-state index in [0.29, 0.717) is 21.5 Å². The van der Waals surface area contributed by atoms with Gasteiger partial charge in [0.15, 0.2) is 11.5 Å². The molecule has 0 unspecified atom stereocenters. The van der Waals surface area contributed by atoms with Gasteiger partial charge in [-0.3, -0.25) is 4.79 Å². The first-order valence-corrected chi connectivity index (χ1v) is 6.59. The minimum Gasteiger partial charge on any atom is -0.454 e. The van der Waals surface area contributed by atoms with Crippen LogP contribution in [0.15, 0.2) is 40.9 Å². The molecule has 0 aromatic heterocycles. The number of nitrogens with one attached hydrogen (secondary N) is 1. The van der Waals surface area contributed by atoms with Gasteiger partial charge in [0.25, 0.3) is 5.91 Å². The predicted molar refractivity (Wildman–Crippen MR) is 74.6 cm³/mol. The zero-order valence-corrected chi connectivity index (χ0v) is 11.7.